The predicted octanol–water partition coefficient (Wildman–Crippen LogP) is 3.94. The number of thiazole rings is 1. The smallest absolute Gasteiger partial charge is 0.406 e. The maximum atomic E-state index is 12.8. The van der Waals surface area contributed by atoms with Gasteiger partial charge in [-0.15, -0.1) is 11.3 Å². The highest BCUT2D eigenvalue weighted by Gasteiger charge is 2.34. The number of hydrogen-bond acceptors (Lipinski definition) is 9. The van der Waals surface area contributed by atoms with Gasteiger partial charge < -0.3 is 25.8 Å². The number of aliphatic hydroxyl groups is 1. The van der Waals surface area contributed by atoms with E-state index < -0.39 is 24.9 Å². The van der Waals surface area contributed by atoms with E-state index in [1.165, 1.54) is 18.4 Å². The molecule has 4 N–H and O–H groups in total. The first kappa shape index (κ1) is 24.9. The minimum Gasteiger partial charge on any atom is -0.453 e. The van der Waals surface area contributed by atoms with Gasteiger partial charge in [-0.3, -0.25) is 0 Å². The van der Waals surface area contributed by atoms with Crippen LogP contribution in [0.2, 0.25) is 0 Å². The summed E-state index contributed by atoms with van der Waals surface area (Å²) in [6.07, 6.45) is -4.80. The Balaban J connectivity index is 1.62. The van der Waals surface area contributed by atoms with E-state index in [-0.39, 0.29) is 24.5 Å². The maximum Gasteiger partial charge on any atom is 0.406 e. The molecule has 1 saturated carbocycles. The lowest BCUT2D eigenvalue weighted by Gasteiger charge is -2.18. The number of methoxy groups -OCH3 is 1. The second kappa shape index (κ2) is 10.2. The molecule has 1 aromatic carbocycles. The number of aromatic nitrogens is 3. The summed E-state index contributed by atoms with van der Waals surface area (Å²) < 4.78 is 43.8. The molecule has 188 valence electrons. The zero-order chi connectivity index (χ0) is 25.2. The van der Waals surface area contributed by atoms with Crippen molar-refractivity contribution in [3.63, 3.8) is 0 Å². The number of carbonyl (C=O) groups is 1. The van der Waals surface area contributed by atoms with Crippen molar-refractivity contribution in [1.29, 1.82) is 0 Å². The maximum absolute atomic E-state index is 12.8. The van der Waals surface area contributed by atoms with Crippen molar-refractivity contribution in [2.45, 2.75) is 38.1 Å². The van der Waals surface area contributed by atoms with E-state index in [0.29, 0.717) is 34.9 Å². The van der Waals surface area contributed by atoms with Gasteiger partial charge in [-0.1, -0.05) is 12.1 Å². The summed E-state index contributed by atoms with van der Waals surface area (Å²) in [5.74, 6) is -0.0436. The van der Waals surface area contributed by atoms with E-state index in [2.05, 4.69) is 35.6 Å². The van der Waals surface area contributed by atoms with Crippen molar-refractivity contribution < 1.29 is 27.8 Å². The largest absolute Gasteiger partial charge is 0.453 e. The molecule has 1 amide bonds. The lowest BCUT2D eigenvalue weighted by atomic mass is 10.1. The predicted molar refractivity (Wildman–Crippen MR) is 126 cm³/mol. The van der Waals surface area contributed by atoms with Gasteiger partial charge in [0.15, 0.2) is 0 Å². The molecule has 2 aromatic heterocycles. The van der Waals surface area contributed by atoms with Crippen molar-refractivity contribution in [1.82, 2.24) is 20.3 Å². The standard InChI is InChI=1S/C22H25F3N6O3S/c1-11-17(19-30-14-5-3-4-6-16(14)35-19)18(31-20(28-11)27-10-22(23,24)25)29-13-7-12(15(32)8-13)9-26-21(33)34-2/h3-6,12-13,15,32H,7-10H2,1-2H3,(H,26,33)(H2,27,28,29,31). The van der Waals surface area contributed by atoms with Crippen LogP contribution in [0.1, 0.15) is 18.5 Å². The van der Waals surface area contributed by atoms with Crippen LogP contribution >= 0.6 is 11.3 Å². The Labute approximate surface area is 203 Å². The molecule has 0 saturated heterocycles. The Morgan fingerprint density at radius 2 is 2.00 bits per heavy atom. The van der Waals surface area contributed by atoms with Crippen LogP contribution in [-0.4, -0.2) is 64.7 Å². The summed E-state index contributed by atoms with van der Waals surface area (Å²) in [6.45, 7) is 0.660. The third-order valence-electron chi connectivity index (χ3n) is 5.74. The second-order valence-corrected chi connectivity index (χ2v) is 9.35. The Bertz CT molecular complexity index is 1170. The average Bonchev–Trinajstić information content (AvgIpc) is 3.37. The Kier molecular flexibility index (Phi) is 7.26. The van der Waals surface area contributed by atoms with Gasteiger partial charge in [0, 0.05) is 18.5 Å². The van der Waals surface area contributed by atoms with Crippen molar-refractivity contribution in [3.8, 4) is 10.6 Å². The molecule has 0 aliphatic heterocycles. The molecule has 4 rings (SSSR count). The van der Waals surface area contributed by atoms with Crippen LogP contribution in [0.3, 0.4) is 0 Å². The summed E-state index contributed by atoms with van der Waals surface area (Å²) in [5, 5.41) is 19.2. The van der Waals surface area contributed by atoms with Crippen molar-refractivity contribution >= 4 is 39.4 Å². The fourth-order valence-corrected chi connectivity index (χ4v) is 5.15. The molecule has 0 radical (unpaired) electrons. The molecule has 13 heteroatoms. The summed E-state index contributed by atoms with van der Waals surface area (Å²) >= 11 is 1.43. The van der Waals surface area contributed by atoms with Gasteiger partial charge in [0.1, 0.15) is 17.4 Å². The summed E-state index contributed by atoms with van der Waals surface area (Å²) in [4.78, 5) is 24.6. The number of rotatable bonds is 7. The fraction of sp³-hybridized carbons (Fsp3) is 0.455. The number of fused-ring (bicyclic) bond motifs is 1. The number of alkyl carbamates (subject to hydrolysis) is 1. The van der Waals surface area contributed by atoms with E-state index in [1.807, 2.05) is 24.3 Å². The fourth-order valence-electron chi connectivity index (χ4n) is 4.09. The van der Waals surface area contributed by atoms with E-state index in [0.717, 1.165) is 10.2 Å². The number of aryl methyl sites for hydroxylation is 1. The van der Waals surface area contributed by atoms with Gasteiger partial charge in [0.05, 0.1) is 34.7 Å². The number of hydrogen-bond donors (Lipinski definition) is 4. The Morgan fingerprint density at radius 3 is 2.71 bits per heavy atom. The molecule has 1 aliphatic carbocycles. The van der Waals surface area contributed by atoms with Crippen LogP contribution in [0.5, 0.6) is 0 Å². The van der Waals surface area contributed by atoms with Crippen molar-refractivity contribution in [2.24, 2.45) is 5.92 Å². The number of anilines is 2. The summed E-state index contributed by atoms with van der Waals surface area (Å²) in [7, 11) is 1.26. The summed E-state index contributed by atoms with van der Waals surface area (Å²) in [5.41, 5.74) is 1.85. The van der Waals surface area contributed by atoms with Gasteiger partial charge in [0.2, 0.25) is 5.95 Å². The van der Waals surface area contributed by atoms with E-state index in [1.54, 1.807) is 6.92 Å². The van der Waals surface area contributed by atoms with E-state index in [9.17, 15) is 23.1 Å². The number of para-hydroxylation sites is 1. The Hall–Kier alpha value is -3.19. The molecule has 0 spiro atoms. The first-order chi connectivity index (χ1) is 16.6. The quantitative estimate of drug-likeness (QED) is 0.377. The molecule has 0 bridgehead atoms. The zero-order valence-electron chi connectivity index (χ0n) is 19.0. The number of carbonyl (C=O) groups excluding carboxylic acids is 1. The molecular formula is C22H25F3N6O3S. The van der Waals surface area contributed by atoms with Crippen LogP contribution in [-0.2, 0) is 4.74 Å². The van der Waals surface area contributed by atoms with Crippen LogP contribution in [0.4, 0.5) is 29.7 Å². The molecule has 3 unspecified atom stereocenters. The molecule has 2 heterocycles. The van der Waals surface area contributed by atoms with Gasteiger partial charge in [-0.25, -0.2) is 14.8 Å². The number of nitrogens with one attached hydrogen (secondary N) is 3. The van der Waals surface area contributed by atoms with Crippen LogP contribution in [0.25, 0.3) is 20.8 Å². The molecule has 35 heavy (non-hydrogen) atoms. The highest BCUT2D eigenvalue weighted by Crippen LogP contribution is 2.38. The third kappa shape index (κ3) is 6.09. The lowest BCUT2D eigenvalue weighted by molar-refractivity contribution is -0.115. The normalized spacial score (nSPS) is 20.1. The van der Waals surface area contributed by atoms with E-state index >= 15 is 0 Å². The minimum atomic E-state index is -4.42. The number of ether oxygens (including phenoxy) is 1. The first-order valence-corrected chi connectivity index (χ1v) is 11.8. The lowest BCUT2D eigenvalue weighted by Crippen LogP contribution is -2.32. The number of alkyl halides is 3. The minimum absolute atomic E-state index is 0.158. The highest BCUT2D eigenvalue weighted by atomic mass is 32.1. The molecule has 1 aliphatic rings. The van der Waals surface area contributed by atoms with E-state index in [4.69, 9.17) is 0 Å². The zero-order valence-corrected chi connectivity index (χ0v) is 19.8. The van der Waals surface area contributed by atoms with Gasteiger partial charge in [-0.2, -0.15) is 18.2 Å². The average molecular weight is 511 g/mol. The van der Waals surface area contributed by atoms with Crippen LogP contribution in [0, 0.1) is 12.8 Å². The number of halogens is 3. The summed E-state index contributed by atoms with van der Waals surface area (Å²) in [6, 6.07) is 7.36. The second-order valence-electron chi connectivity index (χ2n) is 8.32. The monoisotopic (exact) mass is 510 g/mol. The number of benzene rings is 1. The number of nitrogens with zero attached hydrogens (tertiary/aromatic N) is 3. The topological polar surface area (TPSA) is 121 Å². The van der Waals surface area contributed by atoms with Crippen molar-refractivity contribution in [3.05, 3.63) is 30.0 Å². The molecule has 1 fully saturated rings. The molecule has 9 nitrogen and oxygen atoms in total. The SMILES string of the molecule is COC(=O)NCC1CC(Nc2nc(NCC(F)(F)F)nc(C)c2-c2nc3ccccc3s2)CC1O. The van der Waals surface area contributed by atoms with Crippen molar-refractivity contribution in [2.75, 3.05) is 30.8 Å². The first-order valence-electron chi connectivity index (χ1n) is 10.9. The number of amides is 1. The molecular weight excluding hydrogens is 485 g/mol. The Morgan fingerprint density at radius 1 is 1.23 bits per heavy atom. The third-order valence-corrected chi connectivity index (χ3v) is 6.79. The number of aliphatic hydroxyl groups excluding tert-OH is 1. The molecule has 3 atom stereocenters. The van der Waals surface area contributed by atoms with Crippen LogP contribution < -0.4 is 16.0 Å². The van der Waals surface area contributed by atoms with Crippen LogP contribution in [0.15, 0.2) is 24.3 Å². The van der Waals surface area contributed by atoms with Gasteiger partial charge in [-0.05, 0) is 31.9 Å². The van der Waals surface area contributed by atoms with Gasteiger partial charge >= 0.3 is 12.3 Å². The highest BCUT2D eigenvalue weighted by molar-refractivity contribution is 7.21. The van der Waals surface area contributed by atoms with Gasteiger partial charge in [0.25, 0.3) is 0 Å². The molecule has 3 aromatic rings.